The van der Waals surface area contributed by atoms with Gasteiger partial charge in [-0.15, -0.1) is 12.3 Å². The fourth-order valence-electron chi connectivity index (χ4n) is 3.43. The van der Waals surface area contributed by atoms with Crippen LogP contribution in [0.4, 0.5) is 0 Å². The number of terminal acetylenes is 1. The molecular formula is C21H40O5Si. The summed E-state index contributed by atoms with van der Waals surface area (Å²) in [5.74, 6) is 2.04. The summed E-state index contributed by atoms with van der Waals surface area (Å²) in [5.41, 5.74) is 0. The van der Waals surface area contributed by atoms with Crippen molar-refractivity contribution >= 4 is 8.32 Å². The minimum Gasteiger partial charge on any atom is -0.409 e. The first kappa shape index (κ1) is 24.6. The van der Waals surface area contributed by atoms with E-state index >= 15 is 0 Å². The average molecular weight is 401 g/mol. The summed E-state index contributed by atoms with van der Waals surface area (Å²) >= 11 is 0. The molecule has 5 atom stereocenters. The van der Waals surface area contributed by atoms with Crippen LogP contribution in [0.5, 0.6) is 0 Å². The molecule has 6 heteroatoms. The zero-order chi connectivity index (χ0) is 21.0. The van der Waals surface area contributed by atoms with Gasteiger partial charge in [0.1, 0.15) is 12.2 Å². The van der Waals surface area contributed by atoms with Crippen LogP contribution in [0.2, 0.25) is 18.1 Å². The quantitative estimate of drug-likeness (QED) is 0.469. The third-order valence-corrected chi connectivity index (χ3v) is 10.3. The van der Waals surface area contributed by atoms with Crippen LogP contribution in [0.3, 0.4) is 0 Å². The van der Waals surface area contributed by atoms with E-state index in [1.165, 1.54) is 0 Å². The molecule has 1 saturated heterocycles. The second kappa shape index (κ2) is 9.38. The molecule has 0 aromatic rings. The summed E-state index contributed by atoms with van der Waals surface area (Å²) in [5, 5.41) is 9.58. The second-order valence-corrected chi connectivity index (χ2v) is 14.3. The first-order valence-electron chi connectivity index (χ1n) is 9.90. The summed E-state index contributed by atoms with van der Waals surface area (Å²) in [4.78, 5) is 0. The average Bonchev–Trinajstić information content (AvgIpc) is 2.79. The fraction of sp³-hybridized carbons (Fsp3) is 0.905. The third-order valence-electron chi connectivity index (χ3n) is 5.85. The number of aliphatic hydroxyl groups excluding tert-OH is 1. The maximum Gasteiger partial charge on any atom is 0.192 e. The van der Waals surface area contributed by atoms with Crippen LogP contribution in [-0.4, -0.2) is 57.3 Å². The maximum absolute atomic E-state index is 9.54. The molecule has 0 amide bonds. The molecular weight excluding hydrogens is 360 g/mol. The number of methoxy groups -OCH3 is 1. The molecule has 158 valence electrons. The van der Waals surface area contributed by atoms with Gasteiger partial charge < -0.3 is 23.7 Å². The van der Waals surface area contributed by atoms with Gasteiger partial charge in [0, 0.05) is 26.1 Å². The summed E-state index contributed by atoms with van der Waals surface area (Å²) in [6.45, 7) is 17.0. The molecule has 1 fully saturated rings. The molecule has 0 aliphatic carbocycles. The van der Waals surface area contributed by atoms with Crippen molar-refractivity contribution in [1.82, 2.24) is 0 Å². The monoisotopic (exact) mass is 400 g/mol. The van der Waals surface area contributed by atoms with Crippen molar-refractivity contribution in [2.75, 3.05) is 13.7 Å². The van der Waals surface area contributed by atoms with Gasteiger partial charge in [0.15, 0.2) is 14.1 Å². The topological polar surface area (TPSA) is 57.2 Å². The Labute approximate surface area is 167 Å². The molecule has 1 aliphatic rings. The van der Waals surface area contributed by atoms with Crippen molar-refractivity contribution in [3.63, 3.8) is 0 Å². The number of rotatable bonds is 9. The zero-order valence-corrected chi connectivity index (χ0v) is 19.7. The predicted molar refractivity (Wildman–Crippen MR) is 111 cm³/mol. The molecule has 1 aliphatic heterocycles. The molecule has 0 aromatic carbocycles. The van der Waals surface area contributed by atoms with E-state index in [1.807, 2.05) is 20.8 Å². The highest BCUT2D eigenvalue weighted by Gasteiger charge is 2.51. The first-order chi connectivity index (χ1) is 12.3. The van der Waals surface area contributed by atoms with Gasteiger partial charge in [0.25, 0.3) is 0 Å². The van der Waals surface area contributed by atoms with Gasteiger partial charge in [-0.05, 0) is 45.3 Å². The van der Waals surface area contributed by atoms with Crippen molar-refractivity contribution < 1.29 is 23.7 Å². The van der Waals surface area contributed by atoms with Gasteiger partial charge >= 0.3 is 0 Å². The van der Waals surface area contributed by atoms with E-state index in [9.17, 15) is 5.11 Å². The minimum absolute atomic E-state index is 0.0146. The van der Waals surface area contributed by atoms with Crippen molar-refractivity contribution in [3.05, 3.63) is 0 Å². The van der Waals surface area contributed by atoms with Crippen LogP contribution in [0.15, 0.2) is 0 Å². The number of hydrogen-bond donors (Lipinski definition) is 1. The lowest BCUT2D eigenvalue weighted by Gasteiger charge is -2.44. The molecule has 0 spiro atoms. The molecule has 1 rings (SSSR count). The van der Waals surface area contributed by atoms with E-state index in [0.29, 0.717) is 12.8 Å². The summed E-state index contributed by atoms with van der Waals surface area (Å²) in [6.07, 6.45) is 5.67. The summed E-state index contributed by atoms with van der Waals surface area (Å²) in [6, 6.07) is 0. The Balaban J connectivity index is 3.29. The largest absolute Gasteiger partial charge is 0.409 e. The highest BCUT2D eigenvalue weighted by atomic mass is 28.4. The Hall–Kier alpha value is -0.423. The fourth-order valence-corrected chi connectivity index (χ4v) is 4.73. The van der Waals surface area contributed by atoms with Crippen molar-refractivity contribution in [1.29, 1.82) is 0 Å². The Morgan fingerprint density at radius 3 is 2.22 bits per heavy atom. The number of aliphatic hydroxyl groups is 1. The van der Waals surface area contributed by atoms with Gasteiger partial charge in [0.2, 0.25) is 0 Å². The van der Waals surface area contributed by atoms with E-state index < -0.39 is 14.1 Å². The van der Waals surface area contributed by atoms with Crippen molar-refractivity contribution in [3.8, 4) is 12.3 Å². The van der Waals surface area contributed by atoms with Gasteiger partial charge in [-0.2, -0.15) is 0 Å². The Morgan fingerprint density at radius 1 is 1.26 bits per heavy atom. The predicted octanol–water partition coefficient (Wildman–Crippen LogP) is 3.95. The molecule has 5 nitrogen and oxygen atoms in total. The normalized spacial score (nSPS) is 26.4. The maximum atomic E-state index is 9.54. The van der Waals surface area contributed by atoms with E-state index in [1.54, 1.807) is 7.11 Å². The van der Waals surface area contributed by atoms with Gasteiger partial charge in [0.05, 0.1) is 12.2 Å². The molecule has 27 heavy (non-hydrogen) atoms. The van der Waals surface area contributed by atoms with Crippen LogP contribution in [0.1, 0.15) is 54.4 Å². The molecule has 0 aromatic heterocycles. The molecule has 0 unspecified atom stereocenters. The van der Waals surface area contributed by atoms with Gasteiger partial charge in [-0.1, -0.05) is 20.8 Å². The number of ether oxygens (including phenoxy) is 3. The standard InChI is InChI=1S/C21H40O5Si/c1-11-12-16(13-14-22)18(23-8)19(26-27(9,10)20(3,4)5)17-15(2)24-21(6,7)25-17/h1,15-19,22H,12-14H2,2-10H3/t15-,16-,17+,18+,19+/m1/s1. The van der Waals surface area contributed by atoms with E-state index in [-0.39, 0.29) is 42.0 Å². The van der Waals surface area contributed by atoms with Crippen LogP contribution in [0, 0.1) is 18.3 Å². The van der Waals surface area contributed by atoms with E-state index in [4.69, 9.17) is 25.1 Å². The van der Waals surface area contributed by atoms with Crippen LogP contribution in [0.25, 0.3) is 0 Å². The highest BCUT2D eigenvalue weighted by molar-refractivity contribution is 6.74. The van der Waals surface area contributed by atoms with Crippen molar-refractivity contribution in [2.45, 2.75) is 103 Å². The van der Waals surface area contributed by atoms with Crippen LogP contribution in [-0.2, 0) is 18.6 Å². The lowest BCUT2D eigenvalue weighted by Crippen LogP contribution is -2.55. The second-order valence-electron chi connectivity index (χ2n) is 9.53. The highest BCUT2D eigenvalue weighted by Crippen LogP contribution is 2.41. The lowest BCUT2D eigenvalue weighted by molar-refractivity contribution is -0.166. The third kappa shape index (κ3) is 6.28. The Bertz CT molecular complexity index is 506. The van der Waals surface area contributed by atoms with E-state index in [2.05, 4.69) is 39.8 Å². The summed E-state index contributed by atoms with van der Waals surface area (Å²) < 4.78 is 25.0. The van der Waals surface area contributed by atoms with Crippen molar-refractivity contribution in [2.24, 2.45) is 5.92 Å². The van der Waals surface area contributed by atoms with Crippen LogP contribution < -0.4 is 0 Å². The molecule has 0 radical (unpaired) electrons. The first-order valence-corrected chi connectivity index (χ1v) is 12.8. The minimum atomic E-state index is -2.11. The van der Waals surface area contributed by atoms with Gasteiger partial charge in [-0.25, -0.2) is 0 Å². The molecule has 0 bridgehead atoms. The van der Waals surface area contributed by atoms with Crippen LogP contribution >= 0.6 is 0 Å². The number of hydrogen-bond acceptors (Lipinski definition) is 5. The molecule has 1 N–H and O–H groups in total. The Kier molecular flexibility index (Phi) is 8.55. The smallest absolute Gasteiger partial charge is 0.192 e. The molecule has 0 saturated carbocycles. The lowest BCUT2D eigenvalue weighted by atomic mass is 9.88. The summed E-state index contributed by atoms with van der Waals surface area (Å²) in [7, 11) is -0.432. The Morgan fingerprint density at radius 2 is 1.85 bits per heavy atom. The molecule has 1 heterocycles. The van der Waals surface area contributed by atoms with E-state index in [0.717, 1.165) is 0 Å². The van der Waals surface area contributed by atoms with Gasteiger partial charge in [-0.3, -0.25) is 0 Å². The zero-order valence-electron chi connectivity index (χ0n) is 18.7. The SMILES string of the molecule is C#CC[C@H](CCO)[C@H](OC)[C@@H](O[Si](C)(C)C(C)(C)C)[C@H]1OC(C)(C)O[C@@H]1C.